The van der Waals surface area contributed by atoms with E-state index in [-0.39, 0.29) is 18.0 Å². The number of rotatable bonds is 7. The molecule has 1 amide bonds. The van der Waals surface area contributed by atoms with Crippen LogP contribution in [0.5, 0.6) is 0 Å². The summed E-state index contributed by atoms with van der Waals surface area (Å²) in [6, 6.07) is 0. The van der Waals surface area contributed by atoms with Crippen molar-refractivity contribution in [1.29, 1.82) is 0 Å². The first-order valence-corrected chi connectivity index (χ1v) is 9.97. The highest BCUT2D eigenvalue weighted by Crippen LogP contribution is 2.19. The Hall–Kier alpha value is -2.06. The first-order chi connectivity index (χ1) is 12.6. The van der Waals surface area contributed by atoms with Gasteiger partial charge in [0.25, 0.3) is 5.56 Å². The van der Waals surface area contributed by atoms with Gasteiger partial charge in [-0.2, -0.15) is 0 Å². The predicted octanol–water partition coefficient (Wildman–Crippen LogP) is 3.18. The van der Waals surface area contributed by atoms with Gasteiger partial charge >= 0.3 is 0 Å². The number of amides is 1. The van der Waals surface area contributed by atoms with E-state index in [1.165, 1.54) is 40.6 Å². The van der Waals surface area contributed by atoms with Crippen LogP contribution in [0.3, 0.4) is 0 Å². The van der Waals surface area contributed by atoms with Gasteiger partial charge in [0.1, 0.15) is 17.6 Å². The van der Waals surface area contributed by atoms with Crippen molar-refractivity contribution in [1.82, 2.24) is 19.4 Å². The fraction of sp³-hybridized carbons (Fsp3) is 0.444. The first kappa shape index (κ1) is 18.7. The largest absolute Gasteiger partial charge is 0.354 e. The van der Waals surface area contributed by atoms with Crippen molar-refractivity contribution in [2.45, 2.75) is 45.2 Å². The summed E-state index contributed by atoms with van der Waals surface area (Å²) in [5.74, 6) is -0.182. The highest BCUT2D eigenvalue weighted by Gasteiger charge is 2.13. The number of thiazole rings is 1. The second-order valence-electron chi connectivity index (χ2n) is 6.31. The summed E-state index contributed by atoms with van der Waals surface area (Å²) in [5.41, 5.74) is 1.73. The third kappa shape index (κ3) is 4.19. The predicted molar refractivity (Wildman–Crippen MR) is 107 cm³/mol. The van der Waals surface area contributed by atoms with Gasteiger partial charge in [0, 0.05) is 13.1 Å². The van der Waals surface area contributed by atoms with Crippen LogP contribution in [0.2, 0.25) is 0 Å². The van der Waals surface area contributed by atoms with Gasteiger partial charge in [0.05, 0.1) is 0 Å². The maximum absolute atomic E-state index is 12.6. The Morgan fingerprint density at radius 2 is 2.31 bits per heavy atom. The van der Waals surface area contributed by atoms with Crippen LogP contribution in [-0.2, 0) is 17.9 Å². The average Bonchev–Trinajstić information content (AvgIpc) is 2.95. The topological polar surface area (TPSA) is 68.9 Å². The summed E-state index contributed by atoms with van der Waals surface area (Å²) in [5, 5.41) is 2.89. The number of nitrogens with zero attached hydrogens (tertiary/aromatic N) is 3. The highest BCUT2D eigenvalue weighted by molar-refractivity contribution is 7.73. The van der Waals surface area contributed by atoms with Crippen molar-refractivity contribution in [2.24, 2.45) is 0 Å². The molecule has 138 valence electrons. The Labute approximate surface area is 160 Å². The molecule has 26 heavy (non-hydrogen) atoms. The zero-order valence-corrected chi connectivity index (χ0v) is 16.2. The van der Waals surface area contributed by atoms with Crippen molar-refractivity contribution in [3.05, 3.63) is 44.9 Å². The van der Waals surface area contributed by atoms with Crippen LogP contribution < -0.4 is 10.9 Å². The van der Waals surface area contributed by atoms with E-state index in [4.69, 9.17) is 12.2 Å². The molecular formula is C18H22N4O2S2. The van der Waals surface area contributed by atoms with Crippen molar-refractivity contribution in [3.63, 3.8) is 0 Å². The molecule has 6 nitrogen and oxygen atoms in total. The Bertz CT molecular complexity index is 968. The summed E-state index contributed by atoms with van der Waals surface area (Å²) in [4.78, 5) is 29.1. The molecule has 0 aliphatic heterocycles. The molecule has 2 aromatic rings. The molecule has 0 fully saturated rings. The van der Waals surface area contributed by atoms with E-state index < -0.39 is 0 Å². The van der Waals surface area contributed by atoms with Crippen LogP contribution in [0, 0.1) is 3.95 Å². The SMILES string of the molecule is C=CCn1c(=S)sc2c(=O)n(CC(=O)NCCC3=CCCCC3)cnc21. The lowest BCUT2D eigenvalue weighted by atomic mass is 9.97. The van der Waals surface area contributed by atoms with Crippen LogP contribution >= 0.6 is 23.6 Å². The van der Waals surface area contributed by atoms with E-state index in [2.05, 4.69) is 23.0 Å². The molecule has 1 aliphatic rings. The summed E-state index contributed by atoms with van der Waals surface area (Å²) < 4.78 is 4.15. The molecule has 0 radical (unpaired) electrons. The summed E-state index contributed by atoms with van der Waals surface area (Å²) >= 11 is 6.51. The lowest BCUT2D eigenvalue weighted by Crippen LogP contribution is -2.33. The lowest BCUT2D eigenvalue weighted by Gasteiger charge is -2.13. The van der Waals surface area contributed by atoms with Crippen LogP contribution in [0.1, 0.15) is 32.1 Å². The Kier molecular flexibility index (Phi) is 6.16. The number of carbonyl (C=O) groups excluding carboxylic acids is 1. The third-order valence-corrected chi connectivity index (χ3v) is 5.85. The molecule has 0 bridgehead atoms. The molecule has 3 rings (SSSR count). The number of carbonyl (C=O) groups is 1. The standard InChI is InChI=1S/C18H22N4O2S2/c1-2-10-22-16-15(26-18(22)25)17(24)21(12-20-16)11-14(23)19-9-8-13-6-4-3-5-7-13/h2,6,12H,1,3-5,7-11H2,(H,19,23). The quantitative estimate of drug-likeness (QED) is 0.582. The molecule has 0 spiro atoms. The number of nitrogens with one attached hydrogen (secondary N) is 1. The number of fused-ring (bicyclic) bond motifs is 1. The maximum atomic E-state index is 12.6. The smallest absolute Gasteiger partial charge is 0.273 e. The van der Waals surface area contributed by atoms with E-state index in [0.717, 1.165) is 19.3 Å². The van der Waals surface area contributed by atoms with Crippen molar-refractivity contribution in [3.8, 4) is 0 Å². The van der Waals surface area contributed by atoms with Crippen molar-refractivity contribution in [2.75, 3.05) is 6.54 Å². The first-order valence-electron chi connectivity index (χ1n) is 8.74. The molecular weight excluding hydrogens is 368 g/mol. The molecule has 0 saturated carbocycles. The van der Waals surface area contributed by atoms with Crippen molar-refractivity contribution < 1.29 is 4.79 Å². The second-order valence-corrected chi connectivity index (χ2v) is 7.95. The van der Waals surface area contributed by atoms with Crippen LogP contribution in [0.15, 0.2) is 35.4 Å². The van der Waals surface area contributed by atoms with E-state index in [9.17, 15) is 9.59 Å². The molecule has 1 N–H and O–H groups in total. The van der Waals surface area contributed by atoms with Gasteiger partial charge in [0.15, 0.2) is 9.60 Å². The van der Waals surface area contributed by atoms with Gasteiger partial charge < -0.3 is 9.88 Å². The molecule has 0 unspecified atom stereocenters. The Morgan fingerprint density at radius 3 is 3.04 bits per heavy atom. The Morgan fingerprint density at radius 1 is 1.46 bits per heavy atom. The zero-order valence-electron chi connectivity index (χ0n) is 14.6. The van der Waals surface area contributed by atoms with E-state index in [0.29, 0.717) is 27.4 Å². The van der Waals surface area contributed by atoms with Crippen molar-refractivity contribution >= 4 is 39.8 Å². The maximum Gasteiger partial charge on any atom is 0.273 e. The minimum absolute atomic E-state index is 0.0348. The number of aromatic nitrogens is 3. The fourth-order valence-corrected chi connectivity index (χ4v) is 4.40. The van der Waals surface area contributed by atoms with E-state index in [1.807, 2.05) is 0 Å². The van der Waals surface area contributed by atoms with Crippen LogP contribution in [-0.4, -0.2) is 26.6 Å². The number of hydrogen-bond donors (Lipinski definition) is 1. The number of hydrogen-bond acceptors (Lipinski definition) is 5. The molecule has 8 heteroatoms. The summed E-state index contributed by atoms with van der Waals surface area (Å²) in [6.07, 6.45) is 11.0. The monoisotopic (exact) mass is 390 g/mol. The Balaban J connectivity index is 1.66. The molecule has 1 aliphatic carbocycles. The third-order valence-electron chi connectivity index (χ3n) is 4.42. The minimum Gasteiger partial charge on any atom is -0.354 e. The summed E-state index contributed by atoms with van der Waals surface area (Å²) in [7, 11) is 0. The normalized spacial score (nSPS) is 14.2. The van der Waals surface area contributed by atoms with E-state index in [1.54, 1.807) is 10.6 Å². The van der Waals surface area contributed by atoms with Gasteiger partial charge in [-0.15, -0.1) is 6.58 Å². The van der Waals surface area contributed by atoms with E-state index >= 15 is 0 Å². The van der Waals surface area contributed by atoms with Gasteiger partial charge in [-0.05, 0) is 44.3 Å². The summed E-state index contributed by atoms with van der Waals surface area (Å²) in [6.45, 7) is 4.77. The van der Waals surface area contributed by atoms with Crippen LogP contribution in [0.25, 0.3) is 10.3 Å². The fourth-order valence-electron chi connectivity index (χ4n) is 3.08. The lowest BCUT2D eigenvalue weighted by molar-refractivity contribution is -0.121. The second kappa shape index (κ2) is 8.55. The van der Waals surface area contributed by atoms with Gasteiger partial charge in [-0.3, -0.25) is 14.2 Å². The average molecular weight is 391 g/mol. The number of allylic oxidation sites excluding steroid dienone is 2. The van der Waals surface area contributed by atoms with Gasteiger partial charge in [0.2, 0.25) is 5.91 Å². The molecule has 0 atom stereocenters. The highest BCUT2D eigenvalue weighted by atomic mass is 32.1. The molecule has 2 aromatic heterocycles. The molecule has 2 heterocycles. The van der Waals surface area contributed by atoms with Gasteiger partial charge in [-0.1, -0.05) is 29.1 Å². The molecule has 0 aromatic carbocycles. The van der Waals surface area contributed by atoms with Crippen LogP contribution in [0.4, 0.5) is 0 Å². The zero-order chi connectivity index (χ0) is 18.5. The molecule has 0 saturated heterocycles. The minimum atomic E-state index is -0.237. The van der Waals surface area contributed by atoms with Gasteiger partial charge in [-0.25, -0.2) is 4.98 Å².